The highest BCUT2D eigenvalue weighted by Crippen LogP contribution is 2.22. The van der Waals surface area contributed by atoms with Crippen LogP contribution in [0.1, 0.15) is 50.1 Å². The van der Waals surface area contributed by atoms with E-state index in [0.717, 1.165) is 29.0 Å². The van der Waals surface area contributed by atoms with Gasteiger partial charge in [0.1, 0.15) is 29.0 Å². The van der Waals surface area contributed by atoms with Crippen molar-refractivity contribution in [1.29, 1.82) is 0 Å². The lowest BCUT2D eigenvalue weighted by atomic mass is 10.2. The topological polar surface area (TPSA) is 63.0 Å². The van der Waals surface area contributed by atoms with Gasteiger partial charge in [0.05, 0.1) is 6.04 Å². The van der Waals surface area contributed by atoms with E-state index in [1.807, 2.05) is 32.2 Å². The van der Waals surface area contributed by atoms with E-state index in [1.54, 1.807) is 0 Å². The molecule has 0 radical (unpaired) electrons. The Morgan fingerprint density at radius 1 is 1.10 bits per heavy atom. The zero-order valence-corrected chi connectivity index (χ0v) is 12.7. The molecule has 0 spiro atoms. The van der Waals surface area contributed by atoms with Crippen LogP contribution in [0.4, 0.5) is 11.6 Å². The predicted molar refractivity (Wildman–Crippen MR) is 81.2 cm³/mol. The van der Waals surface area contributed by atoms with Crippen LogP contribution < -0.4 is 10.6 Å². The predicted octanol–water partition coefficient (Wildman–Crippen LogP) is 3.72. The van der Waals surface area contributed by atoms with Gasteiger partial charge >= 0.3 is 0 Å². The molecule has 2 aromatic heterocycles. The molecule has 2 heterocycles. The molecule has 0 aliphatic carbocycles. The molecule has 2 rings (SSSR count). The average Bonchev–Trinajstić information content (AvgIpc) is 2.85. The third-order valence-corrected chi connectivity index (χ3v) is 3.07. The zero-order valence-electron chi connectivity index (χ0n) is 12.7. The molecule has 0 bridgehead atoms. The number of hydrogen-bond acceptors (Lipinski definition) is 5. The Balaban J connectivity index is 2.21. The van der Waals surface area contributed by atoms with Gasteiger partial charge in [0.2, 0.25) is 0 Å². The van der Waals surface area contributed by atoms with Gasteiger partial charge in [-0.05, 0) is 26.0 Å². The molecule has 0 amide bonds. The molecule has 0 aliphatic rings. The first-order valence-corrected chi connectivity index (χ1v) is 6.89. The van der Waals surface area contributed by atoms with Gasteiger partial charge in [0, 0.05) is 19.0 Å². The van der Waals surface area contributed by atoms with Crippen molar-refractivity contribution in [2.75, 3.05) is 17.7 Å². The highest BCUT2D eigenvalue weighted by Gasteiger charge is 2.12. The van der Waals surface area contributed by atoms with Crippen LogP contribution in [0.3, 0.4) is 0 Å². The number of furan rings is 1. The zero-order chi connectivity index (χ0) is 14.7. The van der Waals surface area contributed by atoms with Crippen LogP contribution in [0.25, 0.3) is 0 Å². The van der Waals surface area contributed by atoms with Crippen molar-refractivity contribution in [3.8, 4) is 0 Å². The van der Waals surface area contributed by atoms with Crippen LogP contribution in [-0.2, 0) is 0 Å². The Morgan fingerprint density at radius 3 is 2.35 bits per heavy atom. The highest BCUT2D eigenvalue weighted by atomic mass is 16.3. The van der Waals surface area contributed by atoms with Crippen LogP contribution in [-0.4, -0.2) is 17.0 Å². The minimum absolute atomic E-state index is 0.0586. The van der Waals surface area contributed by atoms with Gasteiger partial charge in [0.25, 0.3) is 0 Å². The number of anilines is 2. The molecule has 108 valence electrons. The summed E-state index contributed by atoms with van der Waals surface area (Å²) in [5.41, 5.74) is 0. The Bertz CT molecular complexity index is 577. The Kier molecular flexibility index (Phi) is 4.27. The quantitative estimate of drug-likeness (QED) is 0.870. The van der Waals surface area contributed by atoms with E-state index in [9.17, 15) is 0 Å². The van der Waals surface area contributed by atoms with Crippen LogP contribution in [0, 0.1) is 6.92 Å². The first kappa shape index (κ1) is 14.4. The summed E-state index contributed by atoms with van der Waals surface area (Å²) in [4.78, 5) is 9.00. The smallest absolute Gasteiger partial charge is 0.135 e. The van der Waals surface area contributed by atoms with Crippen molar-refractivity contribution in [3.05, 3.63) is 35.5 Å². The summed E-state index contributed by atoms with van der Waals surface area (Å²) in [5, 5.41) is 6.42. The molecular formula is C15H22N4O. The van der Waals surface area contributed by atoms with Gasteiger partial charge in [-0.25, -0.2) is 9.97 Å². The third-order valence-electron chi connectivity index (χ3n) is 3.07. The van der Waals surface area contributed by atoms with Gasteiger partial charge in [0.15, 0.2) is 0 Å². The molecule has 0 aliphatic heterocycles. The summed E-state index contributed by atoms with van der Waals surface area (Å²) in [6.07, 6.45) is 0. The maximum atomic E-state index is 5.63. The van der Waals surface area contributed by atoms with E-state index in [-0.39, 0.29) is 12.0 Å². The lowest BCUT2D eigenvalue weighted by molar-refractivity contribution is 0.466. The molecule has 5 heteroatoms. The standard InChI is InChI=1S/C15H22N4O/c1-9(2)15-18-13(16-5)8-14(19-15)17-11(4)12-7-6-10(3)20-12/h6-9,11H,1-5H3,(H2,16,17,18,19). The summed E-state index contributed by atoms with van der Waals surface area (Å²) in [6.45, 7) is 8.15. The van der Waals surface area contributed by atoms with E-state index < -0.39 is 0 Å². The van der Waals surface area contributed by atoms with Crippen molar-refractivity contribution >= 4 is 11.6 Å². The number of hydrogen-bond donors (Lipinski definition) is 2. The summed E-state index contributed by atoms with van der Waals surface area (Å²) in [5.74, 6) is 4.53. The average molecular weight is 274 g/mol. The summed E-state index contributed by atoms with van der Waals surface area (Å²) in [7, 11) is 1.86. The van der Waals surface area contributed by atoms with Gasteiger partial charge in [-0.15, -0.1) is 0 Å². The van der Waals surface area contributed by atoms with E-state index in [2.05, 4.69) is 41.4 Å². The normalized spacial score (nSPS) is 12.5. The second-order valence-corrected chi connectivity index (χ2v) is 5.22. The Morgan fingerprint density at radius 2 is 1.80 bits per heavy atom. The van der Waals surface area contributed by atoms with E-state index in [0.29, 0.717) is 0 Å². The maximum Gasteiger partial charge on any atom is 0.135 e. The maximum absolute atomic E-state index is 5.63. The molecule has 5 nitrogen and oxygen atoms in total. The Hall–Kier alpha value is -2.04. The molecule has 2 aromatic rings. The second-order valence-electron chi connectivity index (χ2n) is 5.22. The monoisotopic (exact) mass is 274 g/mol. The third kappa shape index (κ3) is 3.29. The molecule has 0 aromatic carbocycles. The second kappa shape index (κ2) is 5.94. The van der Waals surface area contributed by atoms with Crippen LogP contribution in [0.2, 0.25) is 0 Å². The number of nitrogens with zero attached hydrogens (tertiary/aromatic N) is 2. The van der Waals surface area contributed by atoms with Crippen molar-refractivity contribution < 1.29 is 4.42 Å². The lowest BCUT2D eigenvalue weighted by Crippen LogP contribution is -2.10. The van der Waals surface area contributed by atoms with Crippen molar-refractivity contribution in [3.63, 3.8) is 0 Å². The van der Waals surface area contributed by atoms with Gasteiger partial charge in [-0.1, -0.05) is 13.8 Å². The first-order valence-electron chi connectivity index (χ1n) is 6.89. The minimum atomic E-state index is 0.0586. The lowest BCUT2D eigenvalue weighted by Gasteiger charge is -2.15. The fraction of sp³-hybridized carbons (Fsp3) is 0.467. The number of aryl methyl sites for hydroxylation is 1. The Labute approximate surface area is 119 Å². The van der Waals surface area contributed by atoms with Crippen LogP contribution in [0.15, 0.2) is 22.6 Å². The molecule has 20 heavy (non-hydrogen) atoms. The molecule has 0 fully saturated rings. The van der Waals surface area contributed by atoms with Crippen LogP contribution >= 0.6 is 0 Å². The summed E-state index contributed by atoms with van der Waals surface area (Å²) < 4.78 is 5.63. The molecule has 1 atom stereocenters. The fourth-order valence-corrected chi connectivity index (χ4v) is 1.91. The van der Waals surface area contributed by atoms with Crippen molar-refractivity contribution in [1.82, 2.24) is 9.97 Å². The van der Waals surface area contributed by atoms with E-state index in [1.165, 1.54) is 0 Å². The van der Waals surface area contributed by atoms with Crippen molar-refractivity contribution in [2.24, 2.45) is 0 Å². The van der Waals surface area contributed by atoms with Crippen molar-refractivity contribution in [2.45, 2.75) is 39.7 Å². The largest absolute Gasteiger partial charge is 0.464 e. The number of rotatable bonds is 5. The summed E-state index contributed by atoms with van der Waals surface area (Å²) >= 11 is 0. The number of aromatic nitrogens is 2. The fourth-order valence-electron chi connectivity index (χ4n) is 1.91. The van der Waals surface area contributed by atoms with E-state index >= 15 is 0 Å². The SMILES string of the molecule is CNc1cc(NC(C)c2ccc(C)o2)nc(C(C)C)n1. The number of nitrogens with one attached hydrogen (secondary N) is 2. The minimum Gasteiger partial charge on any atom is -0.464 e. The molecule has 0 saturated carbocycles. The van der Waals surface area contributed by atoms with E-state index in [4.69, 9.17) is 4.42 Å². The highest BCUT2D eigenvalue weighted by molar-refractivity contribution is 5.48. The molecule has 2 N–H and O–H groups in total. The summed E-state index contributed by atoms with van der Waals surface area (Å²) in [6, 6.07) is 5.91. The van der Waals surface area contributed by atoms with Gasteiger partial charge < -0.3 is 15.1 Å². The van der Waals surface area contributed by atoms with Gasteiger partial charge in [-0.2, -0.15) is 0 Å². The van der Waals surface area contributed by atoms with Crippen LogP contribution in [0.5, 0.6) is 0 Å². The first-order chi connectivity index (χ1) is 9.49. The molecule has 0 saturated heterocycles. The molecular weight excluding hydrogens is 252 g/mol. The van der Waals surface area contributed by atoms with Gasteiger partial charge in [-0.3, -0.25) is 0 Å². The molecule has 1 unspecified atom stereocenters.